The quantitative estimate of drug-likeness (QED) is 0.516. The predicted octanol–water partition coefficient (Wildman–Crippen LogP) is 0.435. The number of cyclic esters (lactones) is 1. The highest BCUT2D eigenvalue weighted by Gasteiger charge is 2.70. The molecule has 3 aliphatic rings. The Morgan fingerprint density at radius 3 is 3.00 bits per heavy atom. The monoisotopic (exact) mass is 238 g/mol. The summed E-state index contributed by atoms with van der Waals surface area (Å²) in [5.74, 6) is -1.86. The lowest BCUT2D eigenvalue weighted by Gasteiger charge is -2.25. The molecular weight excluding hydrogens is 224 g/mol. The fraction of sp³-hybridized carbons (Fsp3) is 0.667. The maximum absolute atomic E-state index is 11.9. The van der Waals surface area contributed by atoms with Gasteiger partial charge in [-0.05, 0) is 12.5 Å². The van der Waals surface area contributed by atoms with Crippen LogP contribution in [0.4, 0.5) is 0 Å². The van der Waals surface area contributed by atoms with Gasteiger partial charge in [0, 0.05) is 0 Å². The Balaban J connectivity index is 2.02. The lowest BCUT2D eigenvalue weighted by atomic mass is 9.74. The summed E-state index contributed by atoms with van der Waals surface area (Å²) in [7, 11) is 1.32. The van der Waals surface area contributed by atoms with E-state index in [2.05, 4.69) is 0 Å². The average Bonchev–Trinajstić information content (AvgIpc) is 2.97. The van der Waals surface area contributed by atoms with Gasteiger partial charge < -0.3 is 14.2 Å². The van der Waals surface area contributed by atoms with Crippen molar-refractivity contribution in [2.24, 2.45) is 11.8 Å². The topological polar surface area (TPSA) is 61.8 Å². The molecule has 0 amide bonds. The van der Waals surface area contributed by atoms with Crippen molar-refractivity contribution in [3.8, 4) is 0 Å². The minimum absolute atomic E-state index is 0.295. The van der Waals surface area contributed by atoms with E-state index in [0.29, 0.717) is 6.42 Å². The number of methoxy groups -OCH3 is 1. The number of rotatable bonds is 2. The van der Waals surface area contributed by atoms with Crippen LogP contribution < -0.4 is 0 Å². The molecule has 0 aromatic rings. The zero-order valence-electron chi connectivity index (χ0n) is 9.71. The number of hydrogen-bond acceptors (Lipinski definition) is 5. The van der Waals surface area contributed by atoms with E-state index < -0.39 is 23.4 Å². The van der Waals surface area contributed by atoms with Crippen molar-refractivity contribution in [1.29, 1.82) is 0 Å². The molecule has 2 bridgehead atoms. The average molecular weight is 238 g/mol. The second-order valence-electron chi connectivity index (χ2n) is 4.66. The minimum Gasteiger partial charge on any atom is -0.469 e. The molecule has 3 rings (SSSR count). The summed E-state index contributed by atoms with van der Waals surface area (Å²) in [6.07, 6.45) is 3.74. The Morgan fingerprint density at radius 2 is 2.35 bits per heavy atom. The molecule has 1 spiro atoms. The van der Waals surface area contributed by atoms with E-state index in [1.807, 2.05) is 19.1 Å². The first-order chi connectivity index (χ1) is 8.14. The summed E-state index contributed by atoms with van der Waals surface area (Å²) in [5.41, 5.74) is -0.741. The number of hydrogen-bond donors (Lipinski definition) is 0. The molecule has 0 radical (unpaired) electrons. The summed E-state index contributed by atoms with van der Waals surface area (Å²) >= 11 is 0. The Labute approximate surface area is 98.7 Å². The highest BCUT2D eigenvalue weighted by atomic mass is 16.6. The molecule has 0 aliphatic carbocycles. The zero-order valence-corrected chi connectivity index (χ0v) is 9.71. The van der Waals surface area contributed by atoms with Crippen LogP contribution in [0.5, 0.6) is 0 Å². The van der Waals surface area contributed by atoms with E-state index in [0.717, 1.165) is 0 Å². The summed E-state index contributed by atoms with van der Waals surface area (Å²) in [4.78, 5) is 23.6. The maximum Gasteiger partial charge on any atom is 0.313 e. The third-order valence-electron chi connectivity index (χ3n) is 3.95. The van der Waals surface area contributed by atoms with Gasteiger partial charge >= 0.3 is 11.9 Å². The molecule has 0 saturated carbocycles. The van der Waals surface area contributed by atoms with Gasteiger partial charge in [0.15, 0.2) is 0 Å². The molecule has 3 heterocycles. The Kier molecular flexibility index (Phi) is 2.10. The molecule has 2 fully saturated rings. The summed E-state index contributed by atoms with van der Waals surface area (Å²) < 4.78 is 15.9. The van der Waals surface area contributed by atoms with Crippen molar-refractivity contribution >= 4 is 11.9 Å². The van der Waals surface area contributed by atoms with E-state index in [9.17, 15) is 9.59 Å². The molecule has 2 saturated heterocycles. The van der Waals surface area contributed by atoms with Gasteiger partial charge in [0.05, 0.1) is 13.2 Å². The van der Waals surface area contributed by atoms with E-state index in [4.69, 9.17) is 14.2 Å². The normalized spacial score (nSPS) is 45.9. The lowest BCUT2D eigenvalue weighted by Crippen LogP contribution is -2.42. The van der Waals surface area contributed by atoms with Gasteiger partial charge in [-0.3, -0.25) is 9.59 Å². The second kappa shape index (κ2) is 3.32. The highest BCUT2D eigenvalue weighted by Crippen LogP contribution is 2.54. The third-order valence-corrected chi connectivity index (χ3v) is 3.95. The van der Waals surface area contributed by atoms with Crippen molar-refractivity contribution in [2.45, 2.75) is 31.2 Å². The van der Waals surface area contributed by atoms with Gasteiger partial charge in [-0.1, -0.05) is 13.0 Å². The van der Waals surface area contributed by atoms with Gasteiger partial charge in [-0.15, -0.1) is 0 Å². The summed E-state index contributed by atoms with van der Waals surface area (Å²) in [6, 6.07) is 0. The molecule has 0 N–H and O–H groups in total. The fourth-order valence-electron chi connectivity index (χ4n) is 3.23. The number of fused-ring (bicyclic) bond motifs is 1. The number of esters is 2. The first kappa shape index (κ1) is 10.8. The van der Waals surface area contributed by atoms with Crippen molar-refractivity contribution in [3.63, 3.8) is 0 Å². The third kappa shape index (κ3) is 1.12. The number of carbonyl (C=O) groups is 2. The van der Waals surface area contributed by atoms with Gasteiger partial charge in [0.25, 0.3) is 0 Å². The lowest BCUT2D eigenvalue weighted by molar-refractivity contribution is -0.156. The molecule has 5 atom stereocenters. The maximum atomic E-state index is 11.9. The van der Waals surface area contributed by atoms with Gasteiger partial charge in [-0.25, -0.2) is 0 Å². The molecule has 0 aromatic carbocycles. The summed E-state index contributed by atoms with van der Waals surface area (Å²) in [5, 5.41) is 0. The van der Waals surface area contributed by atoms with E-state index in [-0.39, 0.29) is 18.2 Å². The van der Waals surface area contributed by atoms with Crippen molar-refractivity contribution in [1.82, 2.24) is 0 Å². The van der Waals surface area contributed by atoms with Crippen LogP contribution in [0.3, 0.4) is 0 Å². The zero-order chi connectivity index (χ0) is 12.2. The molecule has 17 heavy (non-hydrogen) atoms. The first-order valence-electron chi connectivity index (χ1n) is 5.79. The molecule has 5 heteroatoms. The van der Waals surface area contributed by atoms with Crippen LogP contribution in [0.25, 0.3) is 0 Å². The standard InChI is InChI=1S/C12H14O5/c1-3-7-12-5-4-6(17-12)8(10(13)15-2)9(12)11(14)16-7/h4-9H,3H2,1-2H3/t6-,7-,8+,9+,12-/m1/s1. The van der Waals surface area contributed by atoms with Gasteiger partial charge in [0.2, 0.25) is 0 Å². The highest BCUT2D eigenvalue weighted by molar-refractivity contribution is 5.87. The van der Waals surface area contributed by atoms with Crippen molar-refractivity contribution < 1.29 is 23.8 Å². The SMILES string of the molecule is CC[C@H]1OC(=O)[C@@H]2[C@@H](C(=O)OC)[C@H]3C=C[C@]21O3. The molecular formula is C12H14O5. The van der Waals surface area contributed by atoms with Gasteiger partial charge in [0.1, 0.15) is 23.5 Å². The van der Waals surface area contributed by atoms with Crippen molar-refractivity contribution in [2.75, 3.05) is 7.11 Å². The minimum atomic E-state index is -0.741. The second-order valence-corrected chi connectivity index (χ2v) is 4.66. The Bertz CT molecular complexity index is 415. The van der Waals surface area contributed by atoms with Crippen molar-refractivity contribution in [3.05, 3.63) is 12.2 Å². The van der Waals surface area contributed by atoms with E-state index >= 15 is 0 Å². The molecule has 0 aromatic heterocycles. The summed E-state index contributed by atoms with van der Waals surface area (Å²) in [6.45, 7) is 1.94. The van der Waals surface area contributed by atoms with E-state index in [1.54, 1.807) is 0 Å². The number of ether oxygens (including phenoxy) is 3. The fourth-order valence-corrected chi connectivity index (χ4v) is 3.23. The molecule has 3 aliphatic heterocycles. The van der Waals surface area contributed by atoms with Crippen LogP contribution in [-0.4, -0.2) is 36.9 Å². The van der Waals surface area contributed by atoms with Crippen LogP contribution in [0.2, 0.25) is 0 Å². The smallest absolute Gasteiger partial charge is 0.313 e. The van der Waals surface area contributed by atoms with E-state index in [1.165, 1.54) is 7.11 Å². The molecule has 5 nitrogen and oxygen atoms in total. The predicted molar refractivity (Wildman–Crippen MR) is 55.9 cm³/mol. The van der Waals surface area contributed by atoms with Crippen LogP contribution in [-0.2, 0) is 23.8 Å². The van der Waals surface area contributed by atoms with Crippen LogP contribution >= 0.6 is 0 Å². The first-order valence-corrected chi connectivity index (χ1v) is 5.79. The largest absolute Gasteiger partial charge is 0.469 e. The molecule has 92 valence electrons. The van der Waals surface area contributed by atoms with Crippen LogP contribution in [0, 0.1) is 11.8 Å². The van der Waals surface area contributed by atoms with Crippen LogP contribution in [0.1, 0.15) is 13.3 Å². The van der Waals surface area contributed by atoms with Crippen LogP contribution in [0.15, 0.2) is 12.2 Å². The Morgan fingerprint density at radius 1 is 1.59 bits per heavy atom. The van der Waals surface area contributed by atoms with Gasteiger partial charge in [-0.2, -0.15) is 0 Å². The Hall–Kier alpha value is -1.36. The number of carbonyl (C=O) groups excluding carboxylic acids is 2. The molecule has 0 unspecified atom stereocenters.